The molecule has 0 unspecified atom stereocenters. The summed E-state index contributed by atoms with van der Waals surface area (Å²) in [6.45, 7) is 1.99. The van der Waals surface area contributed by atoms with E-state index in [9.17, 15) is 9.59 Å². The van der Waals surface area contributed by atoms with Crippen molar-refractivity contribution in [1.82, 2.24) is 15.2 Å². The summed E-state index contributed by atoms with van der Waals surface area (Å²) in [6, 6.07) is 22.7. The van der Waals surface area contributed by atoms with Gasteiger partial charge in [-0.1, -0.05) is 54.2 Å². The molecule has 7 heteroatoms. The highest BCUT2D eigenvalue weighted by Crippen LogP contribution is 2.27. The van der Waals surface area contributed by atoms with Gasteiger partial charge in [-0.3, -0.25) is 9.59 Å². The summed E-state index contributed by atoms with van der Waals surface area (Å²) in [5.41, 5.74) is 4.67. The van der Waals surface area contributed by atoms with E-state index >= 15 is 0 Å². The highest BCUT2D eigenvalue weighted by Gasteiger charge is 2.19. The predicted molar refractivity (Wildman–Crippen MR) is 133 cm³/mol. The fourth-order valence-corrected chi connectivity index (χ4v) is 4.96. The van der Waals surface area contributed by atoms with Crippen LogP contribution < -0.4 is 5.32 Å². The number of hydrogen-bond acceptors (Lipinski definition) is 5. The number of fused-ring (bicyclic) bond motifs is 1. The maximum absolute atomic E-state index is 13.0. The van der Waals surface area contributed by atoms with Crippen LogP contribution in [0.4, 0.5) is 0 Å². The van der Waals surface area contributed by atoms with Gasteiger partial charge in [0.15, 0.2) is 5.58 Å². The maximum atomic E-state index is 13.0. The second kappa shape index (κ2) is 10.1. The fourth-order valence-electron chi connectivity index (χ4n) is 4.11. The Kier molecular flexibility index (Phi) is 6.62. The third kappa shape index (κ3) is 4.99. The third-order valence-corrected chi connectivity index (χ3v) is 6.78. The number of rotatable bonds is 7. The van der Waals surface area contributed by atoms with Crippen molar-refractivity contribution in [3.63, 3.8) is 0 Å². The minimum atomic E-state index is -0.148. The van der Waals surface area contributed by atoms with E-state index in [-0.39, 0.29) is 11.8 Å². The molecular weight excluding hydrogens is 446 g/mol. The van der Waals surface area contributed by atoms with E-state index in [0.29, 0.717) is 28.6 Å². The Morgan fingerprint density at radius 1 is 0.971 bits per heavy atom. The molecular formula is C27H25N3O3S. The average molecular weight is 472 g/mol. The predicted octanol–water partition coefficient (Wildman–Crippen LogP) is 5.29. The molecule has 3 aromatic carbocycles. The van der Waals surface area contributed by atoms with Crippen molar-refractivity contribution in [2.45, 2.75) is 30.4 Å². The molecule has 0 bridgehead atoms. The first kappa shape index (κ1) is 22.2. The third-order valence-electron chi connectivity index (χ3n) is 5.91. The molecule has 2 amide bonds. The van der Waals surface area contributed by atoms with E-state index in [1.807, 2.05) is 77.7 Å². The van der Waals surface area contributed by atoms with Crippen LogP contribution in [0, 0.1) is 0 Å². The number of benzene rings is 3. The highest BCUT2D eigenvalue weighted by atomic mass is 32.2. The Labute approximate surface area is 202 Å². The van der Waals surface area contributed by atoms with Gasteiger partial charge in [-0.15, -0.1) is 0 Å². The number of oxazole rings is 1. The second-order valence-electron chi connectivity index (χ2n) is 8.28. The molecule has 1 N–H and O–H groups in total. The molecule has 34 heavy (non-hydrogen) atoms. The van der Waals surface area contributed by atoms with Gasteiger partial charge in [0, 0.05) is 36.5 Å². The van der Waals surface area contributed by atoms with E-state index in [2.05, 4.69) is 10.3 Å². The Morgan fingerprint density at radius 2 is 1.76 bits per heavy atom. The zero-order chi connectivity index (χ0) is 23.3. The summed E-state index contributed by atoms with van der Waals surface area (Å²) < 4.78 is 5.78. The topological polar surface area (TPSA) is 75.4 Å². The Balaban J connectivity index is 1.23. The molecule has 0 spiro atoms. The first-order chi connectivity index (χ1) is 16.7. The zero-order valence-electron chi connectivity index (χ0n) is 18.7. The number of carbonyl (C=O) groups is 2. The number of nitrogens with one attached hydrogen (secondary N) is 1. The van der Waals surface area contributed by atoms with Crippen LogP contribution in [0.1, 0.15) is 44.7 Å². The van der Waals surface area contributed by atoms with Crippen molar-refractivity contribution in [2.24, 2.45) is 0 Å². The normalized spacial score (nSPS) is 13.4. The molecule has 172 valence electrons. The molecule has 0 atom stereocenters. The standard InChI is InChI=1S/C27H25N3O3S/c31-25(28-17-19-8-7-10-20(16-19)26(32)30-14-5-6-15-30)22-11-2-1-9-21(22)18-34-27-29-23-12-3-4-13-24(23)33-27/h1-4,7-13,16H,5-6,14-15,17-18H2,(H,28,31). The van der Waals surface area contributed by atoms with Crippen LogP contribution >= 0.6 is 11.8 Å². The van der Waals surface area contributed by atoms with E-state index in [0.717, 1.165) is 48.2 Å². The largest absolute Gasteiger partial charge is 0.431 e. The average Bonchev–Trinajstić information content (AvgIpc) is 3.56. The van der Waals surface area contributed by atoms with E-state index in [1.54, 1.807) is 0 Å². The molecule has 0 radical (unpaired) electrons. The molecule has 0 saturated carbocycles. The summed E-state index contributed by atoms with van der Waals surface area (Å²) in [5, 5.41) is 3.58. The number of likely N-dealkylation sites (tertiary alicyclic amines) is 1. The molecule has 1 aliphatic rings. The number of nitrogens with zero attached hydrogens (tertiary/aromatic N) is 2. The summed E-state index contributed by atoms with van der Waals surface area (Å²) >= 11 is 1.46. The van der Waals surface area contributed by atoms with E-state index in [4.69, 9.17) is 4.42 Å². The van der Waals surface area contributed by atoms with Crippen molar-refractivity contribution in [2.75, 3.05) is 13.1 Å². The minimum absolute atomic E-state index is 0.0623. The first-order valence-electron chi connectivity index (χ1n) is 11.4. The Bertz CT molecular complexity index is 1290. The molecule has 1 saturated heterocycles. The smallest absolute Gasteiger partial charge is 0.257 e. The lowest BCUT2D eigenvalue weighted by Crippen LogP contribution is -2.28. The maximum Gasteiger partial charge on any atom is 0.257 e. The number of hydrogen-bond donors (Lipinski definition) is 1. The summed E-state index contributed by atoms with van der Waals surface area (Å²) in [4.78, 5) is 32.0. The van der Waals surface area contributed by atoms with Gasteiger partial charge in [0.05, 0.1) is 0 Å². The van der Waals surface area contributed by atoms with Gasteiger partial charge in [-0.05, 0) is 54.3 Å². The molecule has 5 rings (SSSR count). The molecule has 6 nitrogen and oxygen atoms in total. The quantitative estimate of drug-likeness (QED) is 0.371. The van der Waals surface area contributed by atoms with Crippen LogP contribution in [0.25, 0.3) is 11.1 Å². The van der Waals surface area contributed by atoms with Gasteiger partial charge < -0.3 is 14.6 Å². The van der Waals surface area contributed by atoms with Crippen molar-refractivity contribution in [3.05, 3.63) is 95.1 Å². The van der Waals surface area contributed by atoms with Crippen LogP contribution in [0.2, 0.25) is 0 Å². The molecule has 2 heterocycles. The molecule has 0 aliphatic carbocycles. The molecule has 1 fully saturated rings. The van der Waals surface area contributed by atoms with Crippen LogP contribution in [0.3, 0.4) is 0 Å². The van der Waals surface area contributed by atoms with Crippen molar-refractivity contribution in [3.8, 4) is 0 Å². The van der Waals surface area contributed by atoms with E-state index < -0.39 is 0 Å². The van der Waals surface area contributed by atoms with Gasteiger partial charge in [0.1, 0.15) is 5.52 Å². The van der Waals surface area contributed by atoms with Gasteiger partial charge >= 0.3 is 0 Å². The van der Waals surface area contributed by atoms with Crippen LogP contribution in [-0.2, 0) is 12.3 Å². The SMILES string of the molecule is O=C(NCc1cccc(C(=O)N2CCCC2)c1)c1ccccc1CSc1nc2ccccc2o1. The van der Waals surface area contributed by atoms with Crippen molar-refractivity contribution >= 4 is 34.7 Å². The number of carbonyl (C=O) groups excluding carboxylic acids is 2. The highest BCUT2D eigenvalue weighted by molar-refractivity contribution is 7.98. The number of para-hydroxylation sites is 2. The Hall–Kier alpha value is -3.58. The van der Waals surface area contributed by atoms with Gasteiger partial charge in [0.2, 0.25) is 0 Å². The van der Waals surface area contributed by atoms with Gasteiger partial charge in [-0.25, -0.2) is 4.98 Å². The molecule has 1 aliphatic heterocycles. The monoisotopic (exact) mass is 471 g/mol. The number of aromatic nitrogens is 1. The summed E-state index contributed by atoms with van der Waals surface area (Å²) in [6.07, 6.45) is 2.12. The second-order valence-corrected chi connectivity index (χ2v) is 9.20. The Morgan fingerprint density at radius 3 is 2.62 bits per heavy atom. The van der Waals surface area contributed by atoms with Gasteiger partial charge in [0.25, 0.3) is 17.0 Å². The van der Waals surface area contributed by atoms with Crippen molar-refractivity contribution < 1.29 is 14.0 Å². The summed E-state index contributed by atoms with van der Waals surface area (Å²) in [7, 11) is 0. The van der Waals surface area contributed by atoms with Crippen LogP contribution in [-0.4, -0.2) is 34.8 Å². The van der Waals surface area contributed by atoms with Gasteiger partial charge in [-0.2, -0.15) is 0 Å². The summed E-state index contributed by atoms with van der Waals surface area (Å²) in [5.74, 6) is 0.480. The zero-order valence-corrected chi connectivity index (χ0v) is 19.5. The lowest BCUT2D eigenvalue weighted by atomic mass is 10.1. The lowest BCUT2D eigenvalue weighted by molar-refractivity contribution is 0.0792. The molecule has 1 aromatic heterocycles. The number of amides is 2. The molecule has 4 aromatic rings. The van der Waals surface area contributed by atoms with E-state index in [1.165, 1.54) is 11.8 Å². The first-order valence-corrected chi connectivity index (χ1v) is 12.4. The number of thioether (sulfide) groups is 1. The lowest BCUT2D eigenvalue weighted by Gasteiger charge is -2.16. The van der Waals surface area contributed by atoms with Crippen LogP contribution in [0.5, 0.6) is 0 Å². The van der Waals surface area contributed by atoms with Crippen LogP contribution in [0.15, 0.2) is 82.4 Å². The van der Waals surface area contributed by atoms with Crippen molar-refractivity contribution in [1.29, 1.82) is 0 Å². The minimum Gasteiger partial charge on any atom is -0.431 e. The fraction of sp³-hybridized carbons (Fsp3) is 0.222.